The van der Waals surface area contributed by atoms with Crippen LogP contribution in [0, 0.1) is 0 Å². The van der Waals surface area contributed by atoms with Crippen LogP contribution < -0.4 is 10.6 Å². The van der Waals surface area contributed by atoms with Gasteiger partial charge in [0.2, 0.25) is 0 Å². The Bertz CT molecular complexity index is 448. The number of hydrogen-bond donors (Lipinski definition) is 2. The number of halogens is 1. The van der Waals surface area contributed by atoms with Gasteiger partial charge in [-0.05, 0) is 37.7 Å². The molecule has 1 aromatic rings. The van der Waals surface area contributed by atoms with Crippen molar-refractivity contribution in [2.45, 2.75) is 29.4 Å². The molecule has 1 aromatic carbocycles. The molecule has 0 bridgehead atoms. The third-order valence-electron chi connectivity index (χ3n) is 3.56. The van der Waals surface area contributed by atoms with Gasteiger partial charge in [-0.3, -0.25) is 4.99 Å². The largest absolute Gasteiger partial charge is 0.356 e. The van der Waals surface area contributed by atoms with Crippen molar-refractivity contribution >= 4 is 53.5 Å². The van der Waals surface area contributed by atoms with Gasteiger partial charge in [-0.25, -0.2) is 0 Å². The van der Waals surface area contributed by atoms with Crippen LogP contribution in [0.5, 0.6) is 0 Å². The fourth-order valence-corrected chi connectivity index (χ4v) is 4.36. The van der Waals surface area contributed by atoms with E-state index in [1.54, 1.807) is 0 Å². The van der Waals surface area contributed by atoms with Crippen molar-refractivity contribution in [1.82, 2.24) is 10.6 Å². The molecule has 1 unspecified atom stereocenters. The summed E-state index contributed by atoms with van der Waals surface area (Å²) in [7, 11) is 1.84. The lowest BCUT2D eigenvalue weighted by atomic mass is 10.1. The molecule has 1 atom stereocenters. The SMILES string of the molecule is CN=C(NCCSc1ccccc1)NCC1(C)CCCS1.I. The second-order valence-electron chi connectivity index (χ2n) is 5.42. The minimum absolute atomic E-state index is 0. The lowest BCUT2D eigenvalue weighted by Gasteiger charge is -2.24. The molecule has 0 aliphatic carbocycles. The van der Waals surface area contributed by atoms with Crippen LogP contribution in [-0.2, 0) is 0 Å². The zero-order valence-corrected chi connectivity index (χ0v) is 17.3. The number of nitrogens with one attached hydrogen (secondary N) is 2. The van der Waals surface area contributed by atoms with Crippen molar-refractivity contribution in [3.8, 4) is 0 Å². The first-order valence-corrected chi connectivity index (χ1v) is 9.45. The molecule has 2 rings (SSSR count). The Hall–Kier alpha value is -0.0800. The highest BCUT2D eigenvalue weighted by Crippen LogP contribution is 2.36. The molecule has 0 saturated carbocycles. The lowest BCUT2D eigenvalue weighted by molar-refractivity contribution is 0.585. The minimum Gasteiger partial charge on any atom is -0.356 e. The predicted octanol–water partition coefficient (Wildman–Crippen LogP) is 3.85. The van der Waals surface area contributed by atoms with Gasteiger partial charge >= 0.3 is 0 Å². The van der Waals surface area contributed by atoms with Crippen LogP contribution in [0.15, 0.2) is 40.2 Å². The van der Waals surface area contributed by atoms with E-state index in [1.807, 2.05) is 18.8 Å². The molecule has 2 N–H and O–H groups in total. The van der Waals surface area contributed by atoms with Crippen LogP contribution in [0.3, 0.4) is 0 Å². The number of rotatable bonds is 6. The maximum absolute atomic E-state index is 4.30. The molecule has 0 aromatic heterocycles. The van der Waals surface area contributed by atoms with E-state index in [9.17, 15) is 0 Å². The Labute approximate surface area is 159 Å². The first kappa shape index (κ1) is 20.0. The van der Waals surface area contributed by atoms with Crippen LogP contribution in [-0.4, -0.2) is 42.3 Å². The molecule has 0 radical (unpaired) electrons. The maximum Gasteiger partial charge on any atom is 0.191 e. The molecule has 124 valence electrons. The molecule has 1 saturated heterocycles. The Kier molecular flexibility index (Phi) is 9.66. The summed E-state index contributed by atoms with van der Waals surface area (Å²) in [6.07, 6.45) is 2.63. The summed E-state index contributed by atoms with van der Waals surface area (Å²) in [5.41, 5.74) is 0. The third kappa shape index (κ3) is 7.00. The van der Waals surface area contributed by atoms with Crippen molar-refractivity contribution in [1.29, 1.82) is 0 Å². The third-order valence-corrected chi connectivity index (χ3v) is 6.11. The molecule has 22 heavy (non-hydrogen) atoms. The van der Waals surface area contributed by atoms with E-state index in [0.29, 0.717) is 4.75 Å². The molecule has 0 amide bonds. The molecule has 6 heteroatoms. The number of nitrogens with zero attached hydrogens (tertiary/aromatic N) is 1. The number of benzene rings is 1. The highest BCUT2D eigenvalue weighted by molar-refractivity contribution is 14.0. The van der Waals surface area contributed by atoms with Gasteiger partial charge in [-0.15, -0.1) is 35.7 Å². The summed E-state index contributed by atoms with van der Waals surface area (Å²) in [5.74, 6) is 3.24. The van der Waals surface area contributed by atoms with E-state index in [-0.39, 0.29) is 24.0 Å². The first-order valence-electron chi connectivity index (χ1n) is 7.48. The first-order chi connectivity index (χ1) is 10.2. The average molecular weight is 451 g/mol. The molecule has 0 spiro atoms. The van der Waals surface area contributed by atoms with Gasteiger partial charge in [-0.2, -0.15) is 11.8 Å². The van der Waals surface area contributed by atoms with Crippen molar-refractivity contribution in [3.63, 3.8) is 0 Å². The van der Waals surface area contributed by atoms with Crippen molar-refractivity contribution in [2.75, 3.05) is 31.6 Å². The fourth-order valence-electron chi connectivity index (χ4n) is 2.32. The van der Waals surface area contributed by atoms with E-state index >= 15 is 0 Å². The number of aliphatic imine (C=N–C) groups is 1. The lowest BCUT2D eigenvalue weighted by Crippen LogP contribution is -2.44. The fraction of sp³-hybridized carbons (Fsp3) is 0.562. The molecule has 1 heterocycles. The van der Waals surface area contributed by atoms with Crippen LogP contribution >= 0.6 is 47.5 Å². The zero-order chi connectivity index (χ0) is 15.0. The predicted molar refractivity (Wildman–Crippen MR) is 112 cm³/mol. The highest BCUT2D eigenvalue weighted by atomic mass is 127. The molecule has 1 aliphatic heterocycles. The molecular formula is C16H26IN3S2. The highest BCUT2D eigenvalue weighted by Gasteiger charge is 2.29. The maximum atomic E-state index is 4.30. The summed E-state index contributed by atoms with van der Waals surface area (Å²) in [4.78, 5) is 5.62. The van der Waals surface area contributed by atoms with Gasteiger partial charge in [0, 0.05) is 35.5 Å². The van der Waals surface area contributed by atoms with Crippen molar-refractivity contribution in [3.05, 3.63) is 30.3 Å². The number of hydrogen-bond acceptors (Lipinski definition) is 3. The van der Waals surface area contributed by atoms with Gasteiger partial charge in [0.15, 0.2) is 5.96 Å². The van der Waals surface area contributed by atoms with Gasteiger partial charge in [-0.1, -0.05) is 18.2 Å². The van der Waals surface area contributed by atoms with Crippen molar-refractivity contribution in [2.24, 2.45) is 4.99 Å². The normalized spacial score (nSPS) is 21.3. The monoisotopic (exact) mass is 451 g/mol. The molecular weight excluding hydrogens is 425 g/mol. The van der Waals surface area contributed by atoms with Gasteiger partial charge < -0.3 is 10.6 Å². The second kappa shape index (κ2) is 10.6. The van der Waals surface area contributed by atoms with Gasteiger partial charge in [0.25, 0.3) is 0 Å². The second-order valence-corrected chi connectivity index (χ2v) is 8.27. The Morgan fingerprint density at radius 1 is 1.32 bits per heavy atom. The van der Waals surface area contributed by atoms with E-state index in [1.165, 1.54) is 23.5 Å². The van der Waals surface area contributed by atoms with Crippen LogP contribution in [0.25, 0.3) is 0 Å². The molecule has 3 nitrogen and oxygen atoms in total. The summed E-state index contributed by atoms with van der Waals surface area (Å²) in [6, 6.07) is 10.5. The number of guanidine groups is 1. The quantitative estimate of drug-likeness (QED) is 0.227. The standard InChI is InChI=1S/C16H25N3S2.HI/c1-16(9-6-11-21-16)13-19-15(17-2)18-10-12-20-14-7-4-3-5-8-14;/h3-5,7-8H,6,9-13H2,1-2H3,(H2,17,18,19);1H. The average Bonchev–Trinajstić information content (AvgIpc) is 2.95. The van der Waals surface area contributed by atoms with Crippen LogP contribution in [0.1, 0.15) is 19.8 Å². The summed E-state index contributed by atoms with van der Waals surface area (Å²) in [6.45, 7) is 4.25. The summed E-state index contributed by atoms with van der Waals surface area (Å²) in [5, 5.41) is 6.85. The van der Waals surface area contributed by atoms with E-state index in [4.69, 9.17) is 0 Å². The Morgan fingerprint density at radius 3 is 2.73 bits per heavy atom. The minimum atomic E-state index is 0. The van der Waals surface area contributed by atoms with Crippen molar-refractivity contribution < 1.29 is 0 Å². The van der Waals surface area contributed by atoms with Crippen LogP contribution in [0.4, 0.5) is 0 Å². The van der Waals surface area contributed by atoms with Gasteiger partial charge in [0.1, 0.15) is 0 Å². The van der Waals surface area contributed by atoms with Gasteiger partial charge in [0.05, 0.1) is 0 Å². The summed E-state index contributed by atoms with van der Waals surface area (Å²) < 4.78 is 0.371. The van der Waals surface area contributed by atoms with E-state index in [2.05, 4.69) is 64.6 Å². The Morgan fingerprint density at radius 2 is 2.09 bits per heavy atom. The molecule has 1 aliphatic rings. The van der Waals surface area contributed by atoms with E-state index in [0.717, 1.165) is 24.8 Å². The smallest absolute Gasteiger partial charge is 0.191 e. The molecule has 1 fully saturated rings. The number of thioether (sulfide) groups is 2. The topological polar surface area (TPSA) is 36.4 Å². The van der Waals surface area contributed by atoms with E-state index < -0.39 is 0 Å². The summed E-state index contributed by atoms with van der Waals surface area (Å²) >= 11 is 3.94. The zero-order valence-electron chi connectivity index (χ0n) is 13.3. The van der Waals surface area contributed by atoms with Crippen LogP contribution in [0.2, 0.25) is 0 Å². The Balaban J connectivity index is 0.00000242.